The maximum atomic E-state index is 12.5. The predicted molar refractivity (Wildman–Crippen MR) is 117 cm³/mol. The molecule has 11 heteroatoms. The molecule has 0 aromatic heterocycles. The topological polar surface area (TPSA) is 149 Å². The number of guanidine groups is 1. The molecule has 0 fully saturated rings. The fraction of sp³-hybridized carbons (Fsp3) is 0.526. The molecule has 2 amide bonds. The first-order valence-electron chi connectivity index (χ1n) is 9.72. The summed E-state index contributed by atoms with van der Waals surface area (Å²) in [5.41, 5.74) is 2.53. The van der Waals surface area contributed by atoms with E-state index in [1.54, 1.807) is 5.43 Å². The van der Waals surface area contributed by atoms with Crippen molar-refractivity contribution < 1.29 is 14.6 Å². The Balaban J connectivity index is 2.58. The van der Waals surface area contributed by atoms with E-state index in [0.717, 1.165) is 16.5 Å². The van der Waals surface area contributed by atoms with Crippen LogP contribution in [0.15, 0.2) is 28.7 Å². The number of nitrogens with zero attached hydrogens (tertiary/aromatic N) is 1. The summed E-state index contributed by atoms with van der Waals surface area (Å²) in [6, 6.07) is 6.63. The van der Waals surface area contributed by atoms with Gasteiger partial charge in [0.25, 0.3) is 5.96 Å². The fourth-order valence-electron chi connectivity index (χ4n) is 2.56. The lowest BCUT2D eigenvalue weighted by Gasteiger charge is -2.19. The lowest BCUT2D eigenvalue weighted by Crippen LogP contribution is -2.48. The molecule has 1 atom stereocenters. The van der Waals surface area contributed by atoms with Crippen LogP contribution in [0.3, 0.4) is 0 Å². The highest BCUT2D eigenvalue weighted by atomic mass is 79.9. The molecule has 0 spiro atoms. The molecule has 0 heterocycles. The summed E-state index contributed by atoms with van der Waals surface area (Å²) in [6.07, 6.45) is 1.75. The Morgan fingerprint density at radius 2 is 1.80 bits per heavy atom. The summed E-state index contributed by atoms with van der Waals surface area (Å²) in [4.78, 5) is 35.2. The number of rotatable bonds is 12. The van der Waals surface area contributed by atoms with E-state index in [2.05, 4.69) is 45.7 Å². The number of nitro groups is 1. The third kappa shape index (κ3) is 11.3. The van der Waals surface area contributed by atoms with E-state index in [1.807, 2.05) is 24.3 Å². The molecule has 1 rings (SSSR count). The zero-order valence-electron chi connectivity index (χ0n) is 17.2. The van der Waals surface area contributed by atoms with Crippen molar-refractivity contribution in [1.29, 1.82) is 5.41 Å². The van der Waals surface area contributed by atoms with Gasteiger partial charge in [-0.1, -0.05) is 47.3 Å². The number of hydrazine groups is 1. The first-order valence-corrected chi connectivity index (χ1v) is 10.5. The van der Waals surface area contributed by atoms with Gasteiger partial charge in [-0.05, 0) is 42.9 Å². The molecule has 5 N–H and O–H groups in total. The Morgan fingerprint density at radius 1 is 1.13 bits per heavy atom. The molecule has 1 aromatic rings. The summed E-state index contributed by atoms with van der Waals surface area (Å²) < 4.78 is 0.915. The molecule has 0 unspecified atom stereocenters. The molecule has 0 saturated heterocycles. The van der Waals surface area contributed by atoms with Gasteiger partial charge < -0.3 is 16.0 Å². The van der Waals surface area contributed by atoms with Gasteiger partial charge in [-0.25, -0.2) is 10.1 Å². The van der Waals surface area contributed by atoms with E-state index in [1.165, 1.54) is 0 Å². The van der Waals surface area contributed by atoms with Crippen molar-refractivity contribution in [2.75, 3.05) is 13.1 Å². The van der Waals surface area contributed by atoms with Gasteiger partial charge in [-0.3, -0.25) is 15.0 Å². The lowest BCUT2D eigenvalue weighted by atomic mass is 10.1. The van der Waals surface area contributed by atoms with Crippen LogP contribution >= 0.6 is 15.9 Å². The van der Waals surface area contributed by atoms with E-state index in [9.17, 15) is 19.7 Å². The number of benzene rings is 1. The largest absolute Gasteiger partial charge is 0.354 e. The Bertz CT molecular complexity index is 726. The second kappa shape index (κ2) is 13.5. The molecular formula is C19H29BrN6O4. The predicted octanol–water partition coefficient (Wildman–Crippen LogP) is 1.72. The Labute approximate surface area is 184 Å². The van der Waals surface area contributed by atoms with Crippen LogP contribution in [-0.2, 0) is 16.0 Å². The van der Waals surface area contributed by atoms with E-state index in [4.69, 9.17) is 5.41 Å². The van der Waals surface area contributed by atoms with Crippen LogP contribution < -0.4 is 21.4 Å². The van der Waals surface area contributed by atoms with Gasteiger partial charge >= 0.3 is 0 Å². The number of nitrogens with one attached hydrogen (secondary N) is 5. The quantitative estimate of drug-likeness (QED) is 0.100. The molecule has 0 aliphatic rings. The van der Waals surface area contributed by atoms with Crippen LogP contribution in [-0.4, -0.2) is 41.9 Å². The highest BCUT2D eigenvalue weighted by molar-refractivity contribution is 9.10. The normalized spacial score (nSPS) is 11.5. The van der Waals surface area contributed by atoms with Crippen LogP contribution in [0.1, 0.15) is 38.7 Å². The van der Waals surface area contributed by atoms with Crippen LogP contribution in [0.5, 0.6) is 0 Å². The Hall–Kier alpha value is -2.69. The molecule has 0 aliphatic heterocycles. The summed E-state index contributed by atoms with van der Waals surface area (Å²) in [5, 5.41) is 25.0. The summed E-state index contributed by atoms with van der Waals surface area (Å²) in [6.45, 7) is 4.88. The summed E-state index contributed by atoms with van der Waals surface area (Å²) in [5.74, 6) is -0.521. The second-order valence-electron chi connectivity index (χ2n) is 7.21. The minimum Gasteiger partial charge on any atom is -0.354 e. The van der Waals surface area contributed by atoms with E-state index in [0.29, 0.717) is 25.3 Å². The first-order chi connectivity index (χ1) is 14.2. The maximum Gasteiger partial charge on any atom is 0.251 e. The van der Waals surface area contributed by atoms with Crippen molar-refractivity contribution in [2.45, 2.75) is 45.6 Å². The number of hydrogen-bond donors (Lipinski definition) is 5. The highest BCUT2D eigenvalue weighted by Gasteiger charge is 2.20. The van der Waals surface area contributed by atoms with Crippen molar-refractivity contribution in [1.82, 2.24) is 21.4 Å². The van der Waals surface area contributed by atoms with Crippen LogP contribution in [0.4, 0.5) is 0 Å². The number of halogens is 1. The van der Waals surface area contributed by atoms with Crippen LogP contribution in [0.25, 0.3) is 0 Å². The number of hydrogen-bond acceptors (Lipinski definition) is 5. The maximum absolute atomic E-state index is 12.5. The van der Waals surface area contributed by atoms with Crippen LogP contribution in [0.2, 0.25) is 0 Å². The minimum absolute atomic E-state index is 0.151. The lowest BCUT2D eigenvalue weighted by molar-refractivity contribution is -0.525. The Morgan fingerprint density at radius 3 is 2.40 bits per heavy atom. The van der Waals surface area contributed by atoms with E-state index in [-0.39, 0.29) is 24.8 Å². The average molecular weight is 485 g/mol. The average Bonchev–Trinajstić information content (AvgIpc) is 2.65. The van der Waals surface area contributed by atoms with Crippen LogP contribution in [0, 0.1) is 21.4 Å². The molecule has 0 saturated carbocycles. The second-order valence-corrected chi connectivity index (χ2v) is 8.13. The third-order valence-electron chi connectivity index (χ3n) is 4.13. The highest BCUT2D eigenvalue weighted by Crippen LogP contribution is 2.11. The molecule has 0 bridgehead atoms. The van der Waals surface area contributed by atoms with E-state index < -0.39 is 17.0 Å². The molecule has 1 aromatic carbocycles. The SMILES string of the molecule is CC(C)CCNC(=O)[C@H](CCCNC(=N)N[N+](=O)[O-])NC(=O)Cc1ccc(Br)cc1. The van der Waals surface area contributed by atoms with Gasteiger partial charge in [0.15, 0.2) is 5.03 Å². The van der Waals surface area contributed by atoms with Gasteiger partial charge in [0.1, 0.15) is 6.04 Å². The van der Waals surface area contributed by atoms with Gasteiger partial charge in [0, 0.05) is 17.6 Å². The third-order valence-corrected chi connectivity index (χ3v) is 4.65. The van der Waals surface area contributed by atoms with E-state index >= 15 is 0 Å². The fourth-order valence-corrected chi connectivity index (χ4v) is 2.82. The van der Waals surface area contributed by atoms with Gasteiger partial charge in [0.2, 0.25) is 11.8 Å². The van der Waals surface area contributed by atoms with Gasteiger partial charge in [-0.15, -0.1) is 0 Å². The molecule has 30 heavy (non-hydrogen) atoms. The minimum atomic E-state index is -0.831. The summed E-state index contributed by atoms with van der Waals surface area (Å²) >= 11 is 3.35. The van der Waals surface area contributed by atoms with Gasteiger partial charge in [0.05, 0.1) is 6.42 Å². The molecule has 10 nitrogen and oxygen atoms in total. The smallest absolute Gasteiger partial charge is 0.251 e. The van der Waals surface area contributed by atoms with Crippen molar-refractivity contribution in [3.05, 3.63) is 44.4 Å². The van der Waals surface area contributed by atoms with Crippen molar-refractivity contribution in [3.63, 3.8) is 0 Å². The zero-order chi connectivity index (χ0) is 22.5. The monoisotopic (exact) mass is 484 g/mol. The molecular weight excluding hydrogens is 456 g/mol. The standard InChI is InChI=1S/C19H29BrN6O4/c1-13(2)9-11-22-18(28)16(4-3-10-23-19(21)25-26(29)30)24-17(27)12-14-5-7-15(20)8-6-14/h5-8,13,16H,3-4,9-12H2,1-2H3,(H,22,28)(H,24,27)(H3,21,23,25)/t16-/m0/s1. The summed E-state index contributed by atoms with van der Waals surface area (Å²) in [7, 11) is 0. The molecule has 0 radical (unpaired) electrons. The first kappa shape index (κ1) is 25.3. The molecule has 0 aliphatic carbocycles. The van der Waals surface area contributed by atoms with Crippen molar-refractivity contribution in [3.8, 4) is 0 Å². The van der Waals surface area contributed by atoms with Crippen molar-refractivity contribution in [2.24, 2.45) is 5.92 Å². The number of carbonyl (C=O) groups excluding carboxylic acids is 2. The van der Waals surface area contributed by atoms with Crippen molar-refractivity contribution >= 4 is 33.7 Å². The Kier molecular flexibility index (Phi) is 11.4. The number of carbonyl (C=O) groups is 2. The zero-order valence-corrected chi connectivity index (χ0v) is 18.8. The van der Waals surface area contributed by atoms with Gasteiger partial charge in [-0.2, -0.15) is 0 Å². The number of amides is 2. The molecule has 166 valence electrons.